The first-order valence-corrected chi connectivity index (χ1v) is 34.3. The van der Waals surface area contributed by atoms with Crippen LogP contribution < -0.4 is 21.3 Å². The van der Waals surface area contributed by atoms with Crippen LogP contribution in [-0.4, -0.2) is 6.71 Å². The van der Waals surface area contributed by atoms with Crippen molar-refractivity contribution in [3.63, 3.8) is 0 Å². The minimum absolute atomic E-state index is 0.129. The molecule has 12 aromatic carbocycles. The Morgan fingerprint density at radius 1 is 0.269 bits per heavy atom. The van der Waals surface area contributed by atoms with Crippen molar-refractivity contribution in [2.45, 2.75) is 125 Å². The van der Waals surface area contributed by atoms with Gasteiger partial charge >= 0.3 is 0 Å². The number of fused-ring (bicyclic) bond motifs is 4. The SMILES string of the molecule is CC(C)c1cccc(C(C)C)c1-c1cccc(N2c3cc(-c4c(C(C)C)cccc4C(C)C)ccc3B3c4cc(-c5ccccc5)ccc4C(c4c(-c5ccccc5)cc(-c5ccccc5)cc4-c4ccccc4)c4cc(-c5c(C(C)C)cccc5C(C)C)cc2c43)c1. The van der Waals surface area contributed by atoms with Gasteiger partial charge in [-0.15, -0.1) is 0 Å². The molecule has 14 rings (SSSR count). The van der Waals surface area contributed by atoms with Gasteiger partial charge in [0.05, 0.1) is 0 Å². The molecule has 0 radical (unpaired) electrons. The summed E-state index contributed by atoms with van der Waals surface area (Å²) in [6, 6.07) is 101. The van der Waals surface area contributed by atoms with E-state index in [4.69, 9.17) is 0 Å². The van der Waals surface area contributed by atoms with E-state index in [0.29, 0.717) is 23.7 Å². The summed E-state index contributed by atoms with van der Waals surface area (Å²) in [4.78, 5) is 2.73. The Labute approximate surface area is 555 Å². The zero-order chi connectivity index (χ0) is 64.3. The lowest BCUT2D eigenvalue weighted by atomic mass is 9.30. The zero-order valence-electron chi connectivity index (χ0n) is 56.4. The highest BCUT2D eigenvalue weighted by Gasteiger charge is 2.46. The van der Waals surface area contributed by atoms with Crippen LogP contribution >= 0.6 is 0 Å². The number of hydrogen-bond acceptors (Lipinski definition) is 1. The summed E-state index contributed by atoms with van der Waals surface area (Å²) in [5.41, 5.74) is 37.4. The van der Waals surface area contributed by atoms with Crippen molar-refractivity contribution in [2.75, 3.05) is 4.90 Å². The number of nitrogens with zero attached hydrogens (tertiary/aromatic N) is 1. The minimum Gasteiger partial charge on any atom is -0.311 e. The van der Waals surface area contributed by atoms with Gasteiger partial charge in [-0.1, -0.05) is 313 Å². The van der Waals surface area contributed by atoms with Crippen LogP contribution in [-0.2, 0) is 0 Å². The predicted molar refractivity (Wildman–Crippen MR) is 402 cm³/mol. The molecule has 1 unspecified atom stereocenters. The van der Waals surface area contributed by atoms with Gasteiger partial charge in [-0.05, 0) is 211 Å². The van der Waals surface area contributed by atoms with Crippen molar-refractivity contribution in [1.29, 1.82) is 0 Å². The fourth-order valence-corrected chi connectivity index (χ4v) is 15.9. The summed E-state index contributed by atoms with van der Waals surface area (Å²) in [5, 5.41) is 0. The lowest BCUT2D eigenvalue weighted by Crippen LogP contribution is -2.62. The van der Waals surface area contributed by atoms with Crippen LogP contribution in [0.1, 0.15) is 175 Å². The molecule has 2 heterocycles. The van der Waals surface area contributed by atoms with E-state index in [-0.39, 0.29) is 24.5 Å². The van der Waals surface area contributed by atoms with Crippen LogP contribution in [0.2, 0.25) is 0 Å². The number of rotatable bonds is 15. The summed E-state index contributed by atoms with van der Waals surface area (Å²) < 4.78 is 0. The lowest BCUT2D eigenvalue weighted by molar-refractivity contribution is 0.838. The van der Waals surface area contributed by atoms with Crippen molar-refractivity contribution < 1.29 is 0 Å². The molecule has 2 aliphatic heterocycles. The van der Waals surface area contributed by atoms with Gasteiger partial charge in [0, 0.05) is 23.0 Å². The minimum atomic E-state index is -0.217. The van der Waals surface area contributed by atoms with Crippen molar-refractivity contribution in [3.05, 3.63) is 311 Å². The molecule has 0 spiro atoms. The molecule has 458 valence electrons. The van der Waals surface area contributed by atoms with E-state index in [1.165, 1.54) is 156 Å². The van der Waals surface area contributed by atoms with Crippen LogP contribution in [0.3, 0.4) is 0 Å². The van der Waals surface area contributed by atoms with Gasteiger partial charge in [0.15, 0.2) is 0 Å². The van der Waals surface area contributed by atoms with Gasteiger partial charge in [-0.3, -0.25) is 0 Å². The van der Waals surface area contributed by atoms with E-state index in [1.807, 2.05) is 0 Å². The van der Waals surface area contributed by atoms with Gasteiger partial charge in [0.1, 0.15) is 0 Å². The average molecular weight is 1200 g/mol. The van der Waals surface area contributed by atoms with Crippen LogP contribution in [0.25, 0.3) is 77.9 Å². The maximum atomic E-state index is 2.73. The third kappa shape index (κ3) is 11.0. The highest BCUT2D eigenvalue weighted by molar-refractivity contribution is 6.99. The molecule has 93 heavy (non-hydrogen) atoms. The fourth-order valence-electron chi connectivity index (χ4n) is 15.9. The Morgan fingerprint density at radius 3 is 1.12 bits per heavy atom. The third-order valence-corrected chi connectivity index (χ3v) is 20.3. The molecular weight excluding hydrogens is 1120 g/mol. The first-order chi connectivity index (χ1) is 45.1. The van der Waals surface area contributed by atoms with Gasteiger partial charge in [-0.2, -0.15) is 0 Å². The van der Waals surface area contributed by atoms with Crippen molar-refractivity contribution in [3.8, 4) is 77.9 Å². The standard InChI is InChI=1S/C91H86BN/c1-56(2)72-39-26-40-73(57(3)4)86(72)67-37-25-38-71(49-67)93-84-54-68(87-74(58(5)6)41-27-42-75(87)59(7)8)46-48-82(84)92-83-53-66(62-29-17-13-18-30-62)45-47-78(83)89(81-52-70(55-85(93)91(81)92)88-76(60(9)10)43-28-44-77(88)61(11)12)90-79(64-33-21-15-22-34-64)50-69(63-31-19-14-20-32-63)51-80(90)65-35-23-16-24-36-65/h13-61,89H,1-12H3. The van der Waals surface area contributed by atoms with Gasteiger partial charge in [0.2, 0.25) is 6.71 Å². The molecule has 0 bridgehead atoms. The largest absolute Gasteiger partial charge is 0.311 e. The van der Waals surface area contributed by atoms with E-state index in [0.717, 1.165) is 5.69 Å². The molecule has 0 saturated carbocycles. The van der Waals surface area contributed by atoms with E-state index in [2.05, 4.69) is 349 Å². The van der Waals surface area contributed by atoms with Gasteiger partial charge < -0.3 is 4.90 Å². The van der Waals surface area contributed by atoms with Crippen LogP contribution in [0, 0.1) is 0 Å². The van der Waals surface area contributed by atoms with Crippen LogP contribution in [0.4, 0.5) is 17.1 Å². The van der Waals surface area contributed by atoms with E-state index in [1.54, 1.807) is 0 Å². The average Bonchev–Trinajstić information content (AvgIpc) is 0.692. The summed E-state index contributed by atoms with van der Waals surface area (Å²) in [5.74, 6) is 1.64. The third-order valence-electron chi connectivity index (χ3n) is 20.3. The summed E-state index contributed by atoms with van der Waals surface area (Å²) in [6.45, 7) is 28.3. The topological polar surface area (TPSA) is 3.24 Å². The van der Waals surface area contributed by atoms with Crippen molar-refractivity contribution >= 4 is 40.2 Å². The highest BCUT2D eigenvalue weighted by atomic mass is 15.2. The smallest absolute Gasteiger partial charge is 0.247 e. The Morgan fingerprint density at radius 2 is 0.656 bits per heavy atom. The normalized spacial score (nSPS) is 13.4. The number of benzene rings is 12. The summed E-state index contributed by atoms with van der Waals surface area (Å²) >= 11 is 0. The zero-order valence-corrected chi connectivity index (χ0v) is 56.4. The first-order valence-electron chi connectivity index (χ1n) is 34.3. The molecule has 0 amide bonds. The van der Waals surface area contributed by atoms with Gasteiger partial charge in [-0.25, -0.2) is 0 Å². The Balaban J connectivity index is 1.19. The van der Waals surface area contributed by atoms with E-state index in [9.17, 15) is 0 Å². The number of anilines is 3. The summed E-state index contributed by atoms with van der Waals surface area (Å²) in [7, 11) is 0. The molecule has 0 aromatic heterocycles. The van der Waals surface area contributed by atoms with Crippen LogP contribution in [0.5, 0.6) is 0 Å². The Kier molecular flexibility index (Phi) is 16.5. The summed E-state index contributed by atoms with van der Waals surface area (Å²) in [6.07, 6.45) is 0. The number of hydrogen-bond donors (Lipinski definition) is 0. The molecule has 1 nitrogen and oxygen atoms in total. The molecule has 1 atom stereocenters. The molecule has 12 aromatic rings. The van der Waals surface area contributed by atoms with Crippen molar-refractivity contribution in [2.24, 2.45) is 0 Å². The lowest BCUT2D eigenvalue weighted by Gasteiger charge is -2.44. The predicted octanol–water partition coefficient (Wildman–Crippen LogP) is 23.9. The maximum Gasteiger partial charge on any atom is 0.247 e. The second kappa shape index (κ2) is 25.2. The molecular formula is C91H86BN. The van der Waals surface area contributed by atoms with Crippen molar-refractivity contribution in [1.82, 2.24) is 0 Å². The fraction of sp³-hybridized carbons (Fsp3) is 0.209. The Hall–Kier alpha value is -9.50. The molecule has 2 aliphatic rings. The molecule has 2 heteroatoms. The van der Waals surface area contributed by atoms with E-state index < -0.39 is 0 Å². The molecule has 0 aliphatic carbocycles. The van der Waals surface area contributed by atoms with Crippen LogP contribution in [0.15, 0.2) is 261 Å². The quantitative estimate of drug-likeness (QED) is 0.0925. The second-order valence-corrected chi connectivity index (χ2v) is 28.2. The Bertz CT molecular complexity index is 4600. The highest BCUT2D eigenvalue weighted by Crippen LogP contribution is 2.53. The maximum absolute atomic E-state index is 2.73. The second-order valence-electron chi connectivity index (χ2n) is 28.2. The molecule has 0 fully saturated rings. The monoisotopic (exact) mass is 1200 g/mol. The van der Waals surface area contributed by atoms with Gasteiger partial charge in [0.25, 0.3) is 0 Å². The van der Waals surface area contributed by atoms with E-state index >= 15 is 0 Å². The molecule has 0 saturated heterocycles. The molecule has 0 N–H and O–H groups in total. The first kappa shape index (κ1) is 61.0.